The minimum absolute atomic E-state index is 0.413. The van der Waals surface area contributed by atoms with Crippen molar-refractivity contribution in [1.29, 1.82) is 0 Å². The smallest absolute Gasteiger partial charge is 0.218 e. The Balaban J connectivity index is 2.53. The standard InChI is InChI=1S/C10H13N5/c1-12-8-6-4-3-5-7(8)9-13-10(11)15(2)14-9/h3-6,12H,1-2H3,(H2,11,13,14). The normalized spacial score (nSPS) is 10.3. The Kier molecular flexibility index (Phi) is 2.29. The van der Waals surface area contributed by atoms with Gasteiger partial charge in [0.25, 0.3) is 0 Å². The minimum Gasteiger partial charge on any atom is -0.388 e. The molecule has 2 aromatic rings. The van der Waals surface area contributed by atoms with Gasteiger partial charge in [-0.15, -0.1) is 5.10 Å². The molecule has 0 unspecified atom stereocenters. The third kappa shape index (κ3) is 1.63. The first-order valence-corrected chi connectivity index (χ1v) is 4.66. The molecule has 0 bridgehead atoms. The second kappa shape index (κ2) is 3.61. The molecule has 5 heteroatoms. The van der Waals surface area contributed by atoms with Gasteiger partial charge in [-0.25, -0.2) is 4.68 Å². The van der Waals surface area contributed by atoms with E-state index in [4.69, 9.17) is 5.73 Å². The second-order valence-electron chi connectivity index (χ2n) is 3.21. The number of nitrogen functional groups attached to an aromatic ring is 1. The fourth-order valence-electron chi connectivity index (χ4n) is 1.41. The van der Waals surface area contributed by atoms with Crippen molar-refractivity contribution in [2.75, 3.05) is 18.1 Å². The molecule has 0 aliphatic heterocycles. The molecular weight excluding hydrogens is 190 g/mol. The molecule has 0 atom stereocenters. The first-order valence-electron chi connectivity index (χ1n) is 4.66. The van der Waals surface area contributed by atoms with E-state index in [1.165, 1.54) is 0 Å². The molecule has 78 valence electrons. The van der Waals surface area contributed by atoms with Gasteiger partial charge in [0.05, 0.1) is 0 Å². The van der Waals surface area contributed by atoms with Crippen molar-refractivity contribution in [2.24, 2.45) is 7.05 Å². The number of hydrogen-bond donors (Lipinski definition) is 2. The van der Waals surface area contributed by atoms with Crippen molar-refractivity contribution in [3.05, 3.63) is 24.3 Å². The molecule has 0 aliphatic carbocycles. The van der Waals surface area contributed by atoms with Crippen LogP contribution in [-0.4, -0.2) is 21.8 Å². The summed E-state index contributed by atoms with van der Waals surface area (Å²) in [7, 11) is 3.64. The lowest BCUT2D eigenvalue weighted by Gasteiger charge is -2.04. The highest BCUT2D eigenvalue weighted by atomic mass is 15.4. The molecule has 0 spiro atoms. The number of anilines is 2. The lowest BCUT2D eigenvalue weighted by atomic mass is 10.1. The third-order valence-corrected chi connectivity index (χ3v) is 2.23. The summed E-state index contributed by atoms with van der Waals surface area (Å²) in [6.07, 6.45) is 0. The Morgan fingerprint density at radius 2 is 2.07 bits per heavy atom. The Hall–Kier alpha value is -2.04. The van der Waals surface area contributed by atoms with E-state index in [2.05, 4.69) is 15.4 Å². The fraction of sp³-hybridized carbons (Fsp3) is 0.200. The van der Waals surface area contributed by atoms with Crippen LogP contribution in [0.15, 0.2) is 24.3 Å². The molecule has 15 heavy (non-hydrogen) atoms. The van der Waals surface area contributed by atoms with Crippen molar-refractivity contribution in [3.63, 3.8) is 0 Å². The van der Waals surface area contributed by atoms with Gasteiger partial charge < -0.3 is 11.1 Å². The molecule has 1 heterocycles. The van der Waals surface area contributed by atoms with Gasteiger partial charge in [0.15, 0.2) is 5.82 Å². The first kappa shape index (κ1) is 9.51. The Bertz CT molecular complexity index is 455. The van der Waals surface area contributed by atoms with Crippen molar-refractivity contribution in [2.45, 2.75) is 0 Å². The van der Waals surface area contributed by atoms with Crippen molar-refractivity contribution in [1.82, 2.24) is 14.8 Å². The monoisotopic (exact) mass is 203 g/mol. The molecule has 0 radical (unpaired) electrons. The Morgan fingerprint density at radius 3 is 2.67 bits per heavy atom. The summed E-state index contributed by atoms with van der Waals surface area (Å²) in [6, 6.07) is 7.84. The van der Waals surface area contributed by atoms with Crippen LogP contribution in [0.1, 0.15) is 0 Å². The summed E-state index contributed by atoms with van der Waals surface area (Å²) in [4.78, 5) is 4.18. The number of hydrogen-bond acceptors (Lipinski definition) is 4. The summed E-state index contributed by atoms with van der Waals surface area (Å²) >= 11 is 0. The van der Waals surface area contributed by atoms with Gasteiger partial charge in [-0.05, 0) is 12.1 Å². The zero-order chi connectivity index (χ0) is 10.8. The van der Waals surface area contributed by atoms with Crippen LogP contribution < -0.4 is 11.1 Å². The number of para-hydroxylation sites is 1. The summed E-state index contributed by atoms with van der Waals surface area (Å²) in [5.74, 6) is 1.05. The Morgan fingerprint density at radius 1 is 1.33 bits per heavy atom. The highest BCUT2D eigenvalue weighted by molar-refractivity contribution is 5.73. The van der Waals surface area contributed by atoms with E-state index in [9.17, 15) is 0 Å². The number of nitrogens with two attached hydrogens (primary N) is 1. The lowest BCUT2D eigenvalue weighted by molar-refractivity contribution is 0.781. The predicted molar refractivity (Wildman–Crippen MR) is 60.4 cm³/mol. The maximum absolute atomic E-state index is 5.64. The summed E-state index contributed by atoms with van der Waals surface area (Å²) in [5, 5.41) is 7.32. The topological polar surface area (TPSA) is 68.8 Å². The zero-order valence-electron chi connectivity index (χ0n) is 8.73. The van der Waals surface area contributed by atoms with Crippen LogP contribution in [0.4, 0.5) is 11.6 Å². The minimum atomic E-state index is 0.413. The number of aromatic nitrogens is 3. The van der Waals surface area contributed by atoms with Crippen LogP contribution in [-0.2, 0) is 7.05 Å². The van der Waals surface area contributed by atoms with Crippen LogP contribution in [0.2, 0.25) is 0 Å². The molecular formula is C10H13N5. The van der Waals surface area contributed by atoms with Crippen LogP contribution in [0.3, 0.4) is 0 Å². The van der Waals surface area contributed by atoms with E-state index in [0.717, 1.165) is 11.3 Å². The van der Waals surface area contributed by atoms with Gasteiger partial charge in [0, 0.05) is 25.3 Å². The van der Waals surface area contributed by atoms with Gasteiger partial charge in [0.2, 0.25) is 5.95 Å². The first-order chi connectivity index (χ1) is 7.22. The highest BCUT2D eigenvalue weighted by Gasteiger charge is 2.09. The van der Waals surface area contributed by atoms with Gasteiger partial charge in [-0.3, -0.25) is 0 Å². The predicted octanol–water partition coefficient (Wildman–Crippen LogP) is 1.11. The summed E-state index contributed by atoms with van der Waals surface area (Å²) < 4.78 is 1.56. The third-order valence-electron chi connectivity index (χ3n) is 2.23. The van der Waals surface area contributed by atoms with Gasteiger partial charge >= 0.3 is 0 Å². The van der Waals surface area contributed by atoms with E-state index >= 15 is 0 Å². The van der Waals surface area contributed by atoms with E-state index in [0.29, 0.717) is 11.8 Å². The fourth-order valence-corrected chi connectivity index (χ4v) is 1.41. The molecule has 3 N–H and O–H groups in total. The van der Waals surface area contributed by atoms with Crippen molar-refractivity contribution >= 4 is 11.6 Å². The largest absolute Gasteiger partial charge is 0.388 e. The van der Waals surface area contributed by atoms with Crippen LogP contribution in [0, 0.1) is 0 Å². The molecule has 0 saturated heterocycles. The van der Waals surface area contributed by atoms with Crippen molar-refractivity contribution < 1.29 is 0 Å². The molecule has 0 amide bonds. The number of aryl methyl sites for hydroxylation is 1. The number of rotatable bonds is 2. The zero-order valence-corrected chi connectivity index (χ0v) is 8.73. The molecule has 1 aromatic carbocycles. The molecule has 0 aliphatic rings. The summed E-state index contributed by atoms with van der Waals surface area (Å²) in [6.45, 7) is 0. The average Bonchev–Trinajstić information content (AvgIpc) is 2.59. The van der Waals surface area contributed by atoms with Crippen LogP contribution >= 0.6 is 0 Å². The van der Waals surface area contributed by atoms with E-state index in [1.54, 1.807) is 11.7 Å². The summed E-state index contributed by atoms with van der Waals surface area (Å²) in [5.41, 5.74) is 7.58. The molecule has 0 fully saturated rings. The van der Waals surface area contributed by atoms with E-state index in [-0.39, 0.29) is 0 Å². The second-order valence-corrected chi connectivity index (χ2v) is 3.21. The SMILES string of the molecule is CNc1ccccc1-c1nc(N)n(C)n1. The van der Waals surface area contributed by atoms with Gasteiger partial charge in [0.1, 0.15) is 0 Å². The Labute approximate surface area is 87.9 Å². The van der Waals surface area contributed by atoms with Crippen molar-refractivity contribution in [3.8, 4) is 11.4 Å². The van der Waals surface area contributed by atoms with Gasteiger partial charge in [-0.2, -0.15) is 4.98 Å². The number of nitrogens with one attached hydrogen (secondary N) is 1. The molecule has 2 rings (SSSR count). The lowest BCUT2D eigenvalue weighted by Crippen LogP contribution is -1.97. The number of nitrogens with zero attached hydrogens (tertiary/aromatic N) is 3. The van der Waals surface area contributed by atoms with E-state index in [1.807, 2.05) is 31.3 Å². The molecule has 0 saturated carbocycles. The van der Waals surface area contributed by atoms with E-state index < -0.39 is 0 Å². The maximum Gasteiger partial charge on any atom is 0.218 e. The van der Waals surface area contributed by atoms with Crippen LogP contribution in [0.5, 0.6) is 0 Å². The van der Waals surface area contributed by atoms with Gasteiger partial charge in [-0.1, -0.05) is 12.1 Å². The quantitative estimate of drug-likeness (QED) is 0.767. The maximum atomic E-state index is 5.64. The average molecular weight is 203 g/mol. The molecule has 1 aromatic heterocycles. The van der Waals surface area contributed by atoms with Crippen LogP contribution in [0.25, 0.3) is 11.4 Å². The molecule has 5 nitrogen and oxygen atoms in total. The highest BCUT2D eigenvalue weighted by Crippen LogP contribution is 2.24. The number of benzene rings is 1.